The van der Waals surface area contributed by atoms with E-state index in [0.29, 0.717) is 5.56 Å². The van der Waals surface area contributed by atoms with Gasteiger partial charge in [0.15, 0.2) is 0 Å². The third kappa shape index (κ3) is 2.75. The SMILES string of the molecule is COc1ccc(C#N)c(Nc2c(C)cc(C)cc2C)c1. The largest absolute Gasteiger partial charge is 0.497 e. The van der Waals surface area contributed by atoms with Crippen molar-refractivity contribution in [2.45, 2.75) is 20.8 Å². The van der Waals surface area contributed by atoms with Crippen LogP contribution in [0.4, 0.5) is 11.4 Å². The first-order chi connectivity index (χ1) is 9.55. The van der Waals surface area contributed by atoms with Crippen LogP contribution in [0.1, 0.15) is 22.3 Å². The van der Waals surface area contributed by atoms with E-state index in [9.17, 15) is 5.26 Å². The van der Waals surface area contributed by atoms with Crippen LogP contribution >= 0.6 is 0 Å². The zero-order chi connectivity index (χ0) is 14.7. The summed E-state index contributed by atoms with van der Waals surface area (Å²) in [6, 6.07) is 11.9. The van der Waals surface area contributed by atoms with Crippen LogP contribution in [-0.2, 0) is 0 Å². The van der Waals surface area contributed by atoms with E-state index in [-0.39, 0.29) is 0 Å². The monoisotopic (exact) mass is 266 g/mol. The first-order valence-corrected chi connectivity index (χ1v) is 6.48. The maximum absolute atomic E-state index is 9.21. The molecule has 0 bridgehead atoms. The van der Waals surface area contributed by atoms with Crippen molar-refractivity contribution in [1.82, 2.24) is 0 Å². The minimum absolute atomic E-state index is 0.602. The van der Waals surface area contributed by atoms with Gasteiger partial charge in [-0.15, -0.1) is 0 Å². The second kappa shape index (κ2) is 5.66. The molecule has 0 spiro atoms. The average Bonchev–Trinajstić information content (AvgIpc) is 2.42. The minimum Gasteiger partial charge on any atom is -0.497 e. The number of rotatable bonds is 3. The average molecular weight is 266 g/mol. The lowest BCUT2D eigenvalue weighted by Crippen LogP contribution is -1.99. The van der Waals surface area contributed by atoms with Crippen LogP contribution < -0.4 is 10.1 Å². The van der Waals surface area contributed by atoms with E-state index in [1.807, 2.05) is 6.07 Å². The topological polar surface area (TPSA) is 45.0 Å². The van der Waals surface area contributed by atoms with Crippen LogP contribution in [0.25, 0.3) is 0 Å². The highest BCUT2D eigenvalue weighted by Crippen LogP contribution is 2.29. The molecule has 0 aromatic heterocycles. The number of ether oxygens (including phenoxy) is 1. The van der Waals surface area contributed by atoms with Gasteiger partial charge >= 0.3 is 0 Å². The van der Waals surface area contributed by atoms with E-state index in [4.69, 9.17) is 4.74 Å². The Hall–Kier alpha value is -2.47. The summed E-state index contributed by atoms with van der Waals surface area (Å²) in [5.41, 5.74) is 5.97. The number of aryl methyl sites for hydroxylation is 3. The van der Waals surface area contributed by atoms with Gasteiger partial charge in [-0.1, -0.05) is 17.7 Å². The molecular formula is C17H18N2O. The summed E-state index contributed by atoms with van der Waals surface area (Å²) in [6.45, 7) is 6.21. The Kier molecular flexibility index (Phi) is 3.95. The van der Waals surface area contributed by atoms with Crippen LogP contribution in [0.15, 0.2) is 30.3 Å². The molecule has 0 amide bonds. The lowest BCUT2D eigenvalue weighted by molar-refractivity contribution is 0.415. The Morgan fingerprint density at radius 1 is 1.05 bits per heavy atom. The van der Waals surface area contributed by atoms with Gasteiger partial charge in [0, 0.05) is 11.8 Å². The lowest BCUT2D eigenvalue weighted by atomic mass is 10.0. The van der Waals surface area contributed by atoms with E-state index < -0.39 is 0 Å². The smallest absolute Gasteiger partial charge is 0.121 e. The van der Waals surface area contributed by atoms with E-state index >= 15 is 0 Å². The van der Waals surface area contributed by atoms with Gasteiger partial charge in [-0.25, -0.2) is 0 Å². The fraction of sp³-hybridized carbons (Fsp3) is 0.235. The molecule has 2 aromatic rings. The second-order valence-electron chi connectivity index (χ2n) is 4.92. The van der Waals surface area contributed by atoms with E-state index in [0.717, 1.165) is 28.3 Å². The number of methoxy groups -OCH3 is 1. The number of nitriles is 1. The first kappa shape index (κ1) is 14.0. The van der Waals surface area contributed by atoms with Gasteiger partial charge in [-0.05, 0) is 44.0 Å². The molecule has 0 unspecified atom stereocenters. The number of anilines is 2. The molecule has 0 aliphatic carbocycles. The van der Waals surface area contributed by atoms with Gasteiger partial charge in [-0.3, -0.25) is 0 Å². The van der Waals surface area contributed by atoms with Crippen molar-refractivity contribution in [1.29, 1.82) is 5.26 Å². The van der Waals surface area contributed by atoms with Gasteiger partial charge < -0.3 is 10.1 Å². The molecule has 0 radical (unpaired) electrons. The summed E-state index contributed by atoms with van der Waals surface area (Å²) in [5, 5.41) is 12.6. The highest BCUT2D eigenvalue weighted by Gasteiger charge is 2.08. The van der Waals surface area contributed by atoms with Crippen molar-refractivity contribution in [3.63, 3.8) is 0 Å². The predicted octanol–water partition coefficient (Wildman–Crippen LogP) is 4.24. The van der Waals surface area contributed by atoms with Crippen LogP contribution in [0.5, 0.6) is 5.75 Å². The zero-order valence-electron chi connectivity index (χ0n) is 12.2. The Labute approximate surface area is 119 Å². The molecule has 0 heterocycles. The Morgan fingerprint density at radius 2 is 1.70 bits per heavy atom. The second-order valence-corrected chi connectivity index (χ2v) is 4.92. The number of hydrogen-bond acceptors (Lipinski definition) is 3. The Bertz CT molecular complexity index is 661. The Balaban J connectivity index is 2.47. The normalized spacial score (nSPS) is 9.95. The molecule has 1 N–H and O–H groups in total. The number of hydrogen-bond donors (Lipinski definition) is 1. The number of benzene rings is 2. The molecule has 2 rings (SSSR count). The van der Waals surface area contributed by atoms with E-state index in [1.54, 1.807) is 19.2 Å². The van der Waals surface area contributed by atoms with Crippen LogP contribution in [0.2, 0.25) is 0 Å². The Morgan fingerprint density at radius 3 is 2.25 bits per heavy atom. The molecule has 0 atom stereocenters. The van der Waals surface area contributed by atoms with Crippen molar-refractivity contribution < 1.29 is 4.74 Å². The maximum atomic E-state index is 9.21. The zero-order valence-corrected chi connectivity index (χ0v) is 12.2. The van der Waals surface area contributed by atoms with Crippen LogP contribution in [0, 0.1) is 32.1 Å². The quantitative estimate of drug-likeness (QED) is 0.904. The van der Waals surface area contributed by atoms with Crippen LogP contribution in [-0.4, -0.2) is 7.11 Å². The molecule has 3 nitrogen and oxygen atoms in total. The van der Waals surface area contributed by atoms with Gasteiger partial charge in [0.1, 0.15) is 11.8 Å². The summed E-state index contributed by atoms with van der Waals surface area (Å²) in [6.07, 6.45) is 0. The molecular weight excluding hydrogens is 248 g/mol. The van der Waals surface area contributed by atoms with Gasteiger partial charge in [0.25, 0.3) is 0 Å². The molecule has 0 aliphatic heterocycles. The molecule has 0 saturated heterocycles. The van der Waals surface area contributed by atoms with E-state index in [1.165, 1.54) is 5.56 Å². The molecule has 102 valence electrons. The minimum atomic E-state index is 0.602. The molecule has 2 aromatic carbocycles. The maximum Gasteiger partial charge on any atom is 0.121 e. The van der Waals surface area contributed by atoms with Gasteiger partial charge in [0.05, 0.1) is 18.4 Å². The van der Waals surface area contributed by atoms with Gasteiger partial charge in [-0.2, -0.15) is 5.26 Å². The number of nitrogens with zero attached hydrogens (tertiary/aromatic N) is 1. The van der Waals surface area contributed by atoms with Gasteiger partial charge in [0.2, 0.25) is 0 Å². The summed E-state index contributed by atoms with van der Waals surface area (Å²) in [7, 11) is 1.62. The first-order valence-electron chi connectivity index (χ1n) is 6.48. The molecule has 20 heavy (non-hydrogen) atoms. The standard InChI is InChI=1S/C17H18N2O/c1-11-7-12(2)17(13(3)8-11)19-16-9-15(20-4)6-5-14(16)10-18/h5-9,19H,1-4H3. The molecule has 0 saturated carbocycles. The fourth-order valence-corrected chi connectivity index (χ4v) is 2.36. The fourth-order valence-electron chi connectivity index (χ4n) is 2.36. The lowest BCUT2D eigenvalue weighted by Gasteiger charge is -2.15. The van der Waals surface area contributed by atoms with Crippen molar-refractivity contribution in [2.24, 2.45) is 0 Å². The molecule has 3 heteroatoms. The molecule has 0 aliphatic rings. The molecule has 0 fully saturated rings. The third-order valence-corrected chi connectivity index (χ3v) is 3.28. The van der Waals surface area contributed by atoms with E-state index in [2.05, 4.69) is 44.3 Å². The predicted molar refractivity (Wildman–Crippen MR) is 81.6 cm³/mol. The summed E-state index contributed by atoms with van der Waals surface area (Å²) in [5.74, 6) is 0.730. The highest BCUT2D eigenvalue weighted by atomic mass is 16.5. The summed E-state index contributed by atoms with van der Waals surface area (Å²) in [4.78, 5) is 0. The summed E-state index contributed by atoms with van der Waals surface area (Å²) < 4.78 is 5.22. The van der Waals surface area contributed by atoms with Crippen molar-refractivity contribution >= 4 is 11.4 Å². The highest BCUT2D eigenvalue weighted by molar-refractivity contribution is 5.72. The van der Waals surface area contributed by atoms with Crippen LogP contribution in [0.3, 0.4) is 0 Å². The van der Waals surface area contributed by atoms with Crippen molar-refractivity contribution in [2.75, 3.05) is 12.4 Å². The number of nitrogens with one attached hydrogen (secondary N) is 1. The van der Waals surface area contributed by atoms with Crippen molar-refractivity contribution in [3.05, 3.63) is 52.6 Å². The summed E-state index contributed by atoms with van der Waals surface area (Å²) >= 11 is 0. The third-order valence-electron chi connectivity index (χ3n) is 3.28. The van der Waals surface area contributed by atoms with Crippen molar-refractivity contribution in [3.8, 4) is 11.8 Å².